The monoisotopic (exact) mass is 406 g/mol. The van der Waals surface area contributed by atoms with Gasteiger partial charge in [0.1, 0.15) is 11.3 Å². The van der Waals surface area contributed by atoms with E-state index < -0.39 is 0 Å². The number of benzene rings is 1. The molecule has 1 saturated heterocycles. The SMILES string of the molecule is COc1cccc(NCC(=O)NCC2CCN(c3ccnc4nccnc34)CC2)c1. The number of nitrogens with zero attached hydrogens (tertiary/aromatic N) is 4. The van der Waals surface area contributed by atoms with Gasteiger partial charge in [-0.25, -0.2) is 15.0 Å². The van der Waals surface area contributed by atoms with Crippen LogP contribution in [0.3, 0.4) is 0 Å². The van der Waals surface area contributed by atoms with Crippen LogP contribution < -0.4 is 20.3 Å². The van der Waals surface area contributed by atoms with Gasteiger partial charge in [0.05, 0.1) is 19.3 Å². The van der Waals surface area contributed by atoms with Crippen molar-refractivity contribution in [2.75, 3.05) is 43.5 Å². The number of nitrogens with one attached hydrogen (secondary N) is 2. The average molecular weight is 406 g/mol. The number of piperidine rings is 1. The van der Waals surface area contributed by atoms with E-state index in [4.69, 9.17) is 4.74 Å². The molecule has 156 valence electrons. The Morgan fingerprint density at radius 2 is 1.93 bits per heavy atom. The van der Waals surface area contributed by atoms with E-state index in [2.05, 4.69) is 30.5 Å². The first kappa shape index (κ1) is 19.9. The van der Waals surface area contributed by atoms with Crippen LogP contribution in [0.5, 0.6) is 5.75 Å². The van der Waals surface area contributed by atoms with Crippen molar-refractivity contribution in [2.24, 2.45) is 5.92 Å². The zero-order valence-corrected chi connectivity index (χ0v) is 17.0. The van der Waals surface area contributed by atoms with E-state index in [1.54, 1.807) is 25.7 Å². The lowest BCUT2D eigenvalue weighted by molar-refractivity contribution is -0.119. The van der Waals surface area contributed by atoms with Gasteiger partial charge in [-0.15, -0.1) is 0 Å². The topological polar surface area (TPSA) is 92.3 Å². The summed E-state index contributed by atoms with van der Waals surface area (Å²) in [5, 5.41) is 6.19. The molecule has 30 heavy (non-hydrogen) atoms. The molecule has 3 heterocycles. The molecule has 0 unspecified atom stereocenters. The van der Waals surface area contributed by atoms with Crippen molar-refractivity contribution in [1.82, 2.24) is 20.3 Å². The van der Waals surface area contributed by atoms with Crippen molar-refractivity contribution in [3.63, 3.8) is 0 Å². The highest BCUT2D eigenvalue weighted by molar-refractivity contribution is 5.85. The molecule has 0 saturated carbocycles. The number of fused-ring (bicyclic) bond motifs is 1. The van der Waals surface area contributed by atoms with Gasteiger partial charge < -0.3 is 20.3 Å². The van der Waals surface area contributed by atoms with Crippen LogP contribution >= 0.6 is 0 Å². The Balaban J connectivity index is 1.23. The fourth-order valence-corrected chi connectivity index (χ4v) is 3.73. The molecule has 8 nitrogen and oxygen atoms in total. The fraction of sp³-hybridized carbons (Fsp3) is 0.364. The second-order valence-corrected chi connectivity index (χ2v) is 7.38. The van der Waals surface area contributed by atoms with Crippen LogP contribution in [0, 0.1) is 5.92 Å². The number of carbonyl (C=O) groups excluding carboxylic acids is 1. The number of hydrogen-bond donors (Lipinski definition) is 2. The van der Waals surface area contributed by atoms with Gasteiger partial charge >= 0.3 is 0 Å². The van der Waals surface area contributed by atoms with Gasteiger partial charge in [-0.05, 0) is 37.0 Å². The number of hydrogen-bond acceptors (Lipinski definition) is 7. The maximum absolute atomic E-state index is 12.2. The lowest BCUT2D eigenvalue weighted by atomic mass is 9.96. The van der Waals surface area contributed by atoms with Crippen molar-refractivity contribution >= 4 is 28.4 Å². The van der Waals surface area contributed by atoms with Gasteiger partial charge in [0.25, 0.3) is 0 Å². The molecule has 2 N–H and O–H groups in total. The summed E-state index contributed by atoms with van der Waals surface area (Å²) in [6, 6.07) is 9.56. The Morgan fingerprint density at radius 1 is 1.13 bits per heavy atom. The van der Waals surface area contributed by atoms with E-state index in [1.807, 2.05) is 30.3 Å². The molecule has 1 aliphatic heterocycles. The maximum atomic E-state index is 12.2. The fourth-order valence-electron chi connectivity index (χ4n) is 3.73. The Bertz CT molecular complexity index is 998. The third-order valence-corrected chi connectivity index (χ3v) is 5.42. The van der Waals surface area contributed by atoms with Crippen LogP contribution in [0.2, 0.25) is 0 Å². The molecule has 0 aliphatic carbocycles. The molecule has 1 amide bonds. The Morgan fingerprint density at radius 3 is 2.77 bits per heavy atom. The first-order valence-corrected chi connectivity index (χ1v) is 10.2. The van der Waals surface area contributed by atoms with Crippen molar-refractivity contribution in [3.05, 3.63) is 48.9 Å². The Kier molecular flexibility index (Phi) is 6.22. The number of methoxy groups -OCH3 is 1. The average Bonchev–Trinajstić information content (AvgIpc) is 2.81. The van der Waals surface area contributed by atoms with Gasteiger partial charge in [-0.1, -0.05) is 6.07 Å². The van der Waals surface area contributed by atoms with Crippen LogP contribution in [-0.2, 0) is 4.79 Å². The number of anilines is 2. The van der Waals surface area contributed by atoms with Crippen molar-refractivity contribution in [2.45, 2.75) is 12.8 Å². The summed E-state index contributed by atoms with van der Waals surface area (Å²) < 4.78 is 5.20. The summed E-state index contributed by atoms with van der Waals surface area (Å²) in [6.45, 7) is 2.80. The second-order valence-electron chi connectivity index (χ2n) is 7.38. The predicted octanol–water partition coefficient (Wildman–Crippen LogP) is 2.48. The standard InChI is InChI=1S/C22H26N6O2/c1-30-18-4-2-3-17(13-18)26-15-20(29)27-14-16-6-11-28(12-7-16)19-5-8-24-22-21(19)23-9-10-25-22/h2-5,8-10,13,16,26H,6-7,11-12,14-15H2,1H3,(H,27,29). The first-order valence-electron chi connectivity index (χ1n) is 10.2. The summed E-state index contributed by atoms with van der Waals surface area (Å²) in [7, 11) is 1.63. The smallest absolute Gasteiger partial charge is 0.239 e. The minimum absolute atomic E-state index is 0.00403. The van der Waals surface area contributed by atoms with Gasteiger partial charge in [0.2, 0.25) is 5.91 Å². The molecule has 1 fully saturated rings. The molecule has 2 aromatic heterocycles. The number of ether oxygens (including phenoxy) is 1. The second kappa shape index (κ2) is 9.39. The van der Waals surface area contributed by atoms with Crippen LogP contribution in [-0.4, -0.2) is 54.1 Å². The van der Waals surface area contributed by atoms with E-state index in [9.17, 15) is 4.79 Å². The van der Waals surface area contributed by atoms with Gasteiger partial charge in [-0.2, -0.15) is 0 Å². The number of rotatable bonds is 7. The summed E-state index contributed by atoms with van der Waals surface area (Å²) in [5.74, 6) is 1.23. The molecule has 3 aromatic rings. The third-order valence-electron chi connectivity index (χ3n) is 5.42. The number of aromatic nitrogens is 3. The van der Waals surface area contributed by atoms with E-state index in [0.29, 0.717) is 18.1 Å². The summed E-state index contributed by atoms with van der Waals surface area (Å²) in [6.07, 6.45) is 7.20. The molecule has 0 spiro atoms. The Hall–Kier alpha value is -3.42. The largest absolute Gasteiger partial charge is 0.497 e. The maximum Gasteiger partial charge on any atom is 0.239 e. The highest BCUT2D eigenvalue weighted by Gasteiger charge is 2.21. The number of pyridine rings is 1. The van der Waals surface area contributed by atoms with Crippen LogP contribution in [0.1, 0.15) is 12.8 Å². The lowest BCUT2D eigenvalue weighted by Gasteiger charge is -2.33. The van der Waals surface area contributed by atoms with Crippen molar-refractivity contribution in [3.8, 4) is 5.75 Å². The van der Waals surface area contributed by atoms with Gasteiger partial charge in [0, 0.05) is 50.0 Å². The van der Waals surface area contributed by atoms with E-state index >= 15 is 0 Å². The van der Waals surface area contributed by atoms with Crippen molar-refractivity contribution < 1.29 is 9.53 Å². The van der Waals surface area contributed by atoms with E-state index in [0.717, 1.165) is 48.6 Å². The molecule has 1 aromatic carbocycles. The molecule has 8 heteroatoms. The van der Waals surface area contributed by atoms with Gasteiger partial charge in [-0.3, -0.25) is 4.79 Å². The summed E-state index contributed by atoms with van der Waals surface area (Å²) in [4.78, 5) is 27.6. The predicted molar refractivity (Wildman–Crippen MR) is 117 cm³/mol. The summed E-state index contributed by atoms with van der Waals surface area (Å²) >= 11 is 0. The molecule has 0 atom stereocenters. The molecule has 4 rings (SSSR count). The van der Waals surface area contributed by atoms with Crippen molar-refractivity contribution in [1.29, 1.82) is 0 Å². The van der Waals surface area contributed by atoms with E-state index in [-0.39, 0.29) is 12.5 Å². The first-order chi connectivity index (χ1) is 14.7. The normalized spacial score (nSPS) is 14.5. The highest BCUT2D eigenvalue weighted by Crippen LogP contribution is 2.27. The molecule has 0 radical (unpaired) electrons. The minimum Gasteiger partial charge on any atom is -0.497 e. The van der Waals surface area contributed by atoms with Gasteiger partial charge in [0.15, 0.2) is 5.65 Å². The van der Waals surface area contributed by atoms with Crippen LogP contribution in [0.25, 0.3) is 11.2 Å². The molecule has 1 aliphatic rings. The molecule has 0 bridgehead atoms. The van der Waals surface area contributed by atoms with Crippen LogP contribution in [0.15, 0.2) is 48.9 Å². The zero-order chi connectivity index (χ0) is 20.8. The lowest BCUT2D eigenvalue weighted by Crippen LogP contribution is -2.40. The zero-order valence-electron chi connectivity index (χ0n) is 17.0. The third kappa shape index (κ3) is 4.76. The Labute approximate surface area is 175 Å². The number of carbonyl (C=O) groups is 1. The quantitative estimate of drug-likeness (QED) is 0.623. The highest BCUT2D eigenvalue weighted by atomic mass is 16.5. The minimum atomic E-state index is -0.00403. The number of amides is 1. The van der Waals surface area contributed by atoms with Crippen LogP contribution in [0.4, 0.5) is 11.4 Å². The molecular weight excluding hydrogens is 380 g/mol. The summed E-state index contributed by atoms with van der Waals surface area (Å²) in [5.41, 5.74) is 3.46. The van der Waals surface area contributed by atoms with E-state index in [1.165, 1.54) is 0 Å². The molecular formula is C22H26N6O2.